The molecular formula is C16H24N2O3. The topological polar surface area (TPSA) is 71.3 Å². The maximum atomic E-state index is 12.4. The van der Waals surface area contributed by atoms with Crippen LogP contribution in [0.2, 0.25) is 0 Å². The lowest BCUT2D eigenvalue weighted by atomic mass is 9.86. The summed E-state index contributed by atoms with van der Waals surface area (Å²) >= 11 is 0. The highest BCUT2D eigenvalue weighted by Crippen LogP contribution is 2.25. The van der Waals surface area contributed by atoms with E-state index in [9.17, 15) is 9.59 Å². The predicted molar refractivity (Wildman–Crippen MR) is 80.4 cm³/mol. The minimum atomic E-state index is -0.716. The summed E-state index contributed by atoms with van der Waals surface area (Å²) < 4.78 is 2.12. The summed E-state index contributed by atoms with van der Waals surface area (Å²) in [7, 11) is 0. The van der Waals surface area contributed by atoms with Gasteiger partial charge in [0.25, 0.3) is 5.91 Å². The van der Waals surface area contributed by atoms with Crippen molar-refractivity contribution in [3.63, 3.8) is 0 Å². The smallest absolute Gasteiger partial charge is 0.306 e. The first-order valence-electron chi connectivity index (χ1n) is 7.64. The van der Waals surface area contributed by atoms with Crippen molar-refractivity contribution in [2.24, 2.45) is 5.92 Å². The van der Waals surface area contributed by atoms with Gasteiger partial charge in [0.15, 0.2) is 0 Å². The second-order valence-electron chi connectivity index (χ2n) is 5.89. The van der Waals surface area contributed by atoms with Crippen LogP contribution in [-0.4, -0.2) is 27.6 Å². The molecule has 0 spiro atoms. The minimum absolute atomic E-state index is 0.0402. The van der Waals surface area contributed by atoms with Crippen LogP contribution in [-0.2, 0) is 11.3 Å². The number of carboxylic acid groups (broad SMARTS) is 1. The summed E-state index contributed by atoms with van der Waals surface area (Å²) in [4.78, 5) is 23.3. The molecule has 1 aliphatic rings. The maximum absolute atomic E-state index is 12.4. The number of hydrogen-bond acceptors (Lipinski definition) is 2. The third-order valence-corrected chi connectivity index (χ3v) is 4.55. The molecule has 1 aliphatic carbocycles. The number of carbonyl (C=O) groups is 2. The van der Waals surface area contributed by atoms with Gasteiger partial charge >= 0.3 is 5.97 Å². The quantitative estimate of drug-likeness (QED) is 0.895. The molecule has 0 bridgehead atoms. The van der Waals surface area contributed by atoms with E-state index in [1.165, 1.54) is 0 Å². The van der Waals surface area contributed by atoms with E-state index in [4.69, 9.17) is 5.11 Å². The Kier molecular flexibility index (Phi) is 4.70. The summed E-state index contributed by atoms with van der Waals surface area (Å²) in [5.74, 6) is -1.00. The van der Waals surface area contributed by atoms with E-state index >= 15 is 0 Å². The SMILES string of the molecule is CCn1c(C)cc(C(=O)NC2CCC(C(=O)O)CC2)c1C. The van der Waals surface area contributed by atoms with Crippen molar-refractivity contribution in [3.8, 4) is 0 Å². The van der Waals surface area contributed by atoms with Gasteiger partial charge in [-0.2, -0.15) is 0 Å². The average Bonchev–Trinajstić information content (AvgIpc) is 2.74. The average molecular weight is 292 g/mol. The molecule has 0 saturated heterocycles. The van der Waals surface area contributed by atoms with Gasteiger partial charge < -0.3 is 15.0 Å². The number of aryl methyl sites for hydroxylation is 1. The lowest BCUT2D eigenvalue weighted by Gasteiger charge is -2.26. The second-order valence-corrected chi connectivity index (χ2v) is 5.89. The molecule has 1 heterocycles. The summed E-state index contributed by atoms with van der Waals surface area (Å²) in [5.41, 5.74) is 2.82. The molecule has 21 heavy (non-hydrogen) atoms. The molecule has 1 fully saturated rings. The van der Waals surface area contributed by atoms with Gasteiger partial charge in [-0.1, -0.05) is 0 Å². The van der Waals surface area contributed by atoms with Crippen molar-refractivity contribution in [1.29, 1.82) is 0 Å². The molecule has 0 atom stereocenters. The summed E-state index contributed by atoms with van der Waals surface area (Å²) in [5, 5.41) is 12.0. The summed E-state index contributed by atoms with van der Waals surface area (Å²) in [6.07, 6.45) is 2.78. The molecule has 1 aromatic rings. The zero-order valence-corrected chi connectivity index (χ0v) is 13.0. The van der Waals surface area contributed by atoms with E-state index < -0.39 is 5.97 Å². The molecule has 2 rings (SSSR count). The number of nitrogens with zero attached hydrogens (tertiary/aromatic N) is 1. The van der Waals surface area contributed by atoms with Gasteiger partial charge in [-0.15, -0.1) is 0 Å². The van der Waals surface area contributed by atoms with Crippen molar-refractivity contribution in [1.82, 2.24) is 9.88 Å². The molecule has 1 amide bonds. The Morgan fingerprint density at radius 3 is 2.38 bits per heavy atom. The molecule has 0 unspecified atom stereocenters. The van der Waals surface area contributed by atoms with Crippen LogP contribution in [0, 0.1) is 19.8 Å². The summed E-state index contributed by atoms with van der Waals surface area (Å²) in [6, 6.07) is 2.02. The molecule has 116 valence electrons. The van der Waals surface area contributed by atoms with Crippen LogP contribution in [0.4, 0.5) is 0 Å². The highest BCUT2D eigenvalue weighted by Gasteiger charge is 2.27. The number of carboxylic acids is 1. The third-order valence-electron chi connectivity index (χ3n) is 4.55. The summed E-state index contributed by atoms with van der Waals surface area (Å²) in [6.45, 7) is 6.89. The van der Waals surface area contributed by atoms with Crippen molar-refractivity contribution < 1.29 is 14.7 Å². The fourth-order valence-electron chi connectivity index (χ4n) is 3.27. The van der Waals surface area contributed by atoms with Gasteiger partial charge in [0.1, 0.15) is 0 Å². The Labute approximate surface area is 125 Å². The highest BCUT2D eigenvalue weighted by molar-refractivity contribution is 5.95. The maximum Gasteiger partial charge on any atom is 0.306 e. The number of aliphatic carboxylic acids is 1. The Balaban J connectivity index is 1.98. The van der Waals surface area contributed by atoms with Gasteiger partial charge in [-0.05, 0) is 52.5 Å². The largest absolute Gasteiger partial charge is 0.481 e. The van der Waals surface area contributed by atoms with Gasteiger partial charge in [0, 0.05) is 24.0 Å². The number of rotatable bonds is 4. The van der Waals surface area contributed by atoms with Crippen molar-refractivity contribution in [2.45, 2.75) is 59.0 Å². The van der Waals surface area contributed by atoms with E-state index in [1.54, 1.807) is 0 Å². The molecule has 5 heteroatoms. The lowest BCUT2D eigenvalue weighted by Crippen LogP contribution is -2.38. The monoisotopic (exact) mass is 292 g/mol. The molecule has 1 saturated carbocycles. The number of amides is 1. The van der Waals surface area contributed by atoms with E-state index in [0.717, 1.165) is 36.3 Å². The van der Waals surface area contributed by atoms with Gasteiger partial charge in [-0.3, -0.25) is 9.59 Å². The number of nitrogens with one attached hydrogen (secondary N) is 1. The molecule has 5 nitrogen and oxygen atoms in total. The Morgan fingerprint density at radius 1 is 1.29 bits per heavy atom. The first-order chi connectivity index (χ1) is 9.93. The highest BCUT2D eigenvalue weighted by atomic mass is 16.4. The zero-order chi connectivity index (χ0) is 15.6. The molecule has 0 aliphatic heterocycles. The number of carbonyl (C=O) groups excluding carboxylic acids is 1. The molecule has 2 N–H and O–H groups in total. The van der Waals surface area contributed by atoms with E-state index in [1.807, 2.05) is 19.9 Å². The van der Waals surface area contributed by atoms with Gasteiger partial charge in [-0.25, -0.2) is 0 Å². The van der Waals surface area contributed by atoms with E-state index in [0.29, 0.717) is 12.8 Å². The molecular weight excluding hydrogens is 268 g/mol. The van der Waals surface area contributed by atoms with E-state index in [-0.39, 0.29) is 17.9 Å². The fraction of sp³-hybridized carbons (Fsp3) is 0.625. The van der Waals surface area contributed by atoms with Gasteiger partial charge in [0.05, 0.1) is 11.5 Å². The zero-order valence-electron chi connectivity index (χ0n) is 13.0. The Bertz CT molecular complexity index is 540. The Morgan fingerprint density at radius 2 is 1.90 bits per heavy atom. The van der Waals surface area contributed by atoms with Crippen LogP contribution in [0.5, 0.6) is 0 Å². The number of aromatic nitrogens is 1. The van der Waals surface area contributed by atoms with Crippen molar-refractivity contribution in [2.75, 3.05) is 0 Å². The van der Waals surface area contributed by atoms with Crippen LogP contribution in [0.1, 0.15) is 54.4 Å². The molecule has 0 radical (unpaired) electrons. The van der Waals surface area contributed by atoms with Gasteiger partial charge in [0.2, 0.25) is 0 Å². The first-order valence-corrected chi connectivity index (χ1v) is 7.64. The normalized spacial score (nSPS) is 22.0. The van der Waals surface area contributed by atoms with Crippen LogP contribution in [0.15, 0.2) is 6.07 Å². The lowest BCUT2D eigenvalue weighted by molar-refractivity contribution is -0.142. The minimum Gasteiger partial charge on any atom is -0.481 e. The van der Waals surface area contributed by atoms with Crippen LogP contribution >= 0.6 is 0 Å². The third kappa shape index (κ3) is 3.28. The number of hydrogen-bond donors (Lipinski definition) is 2. The Hall–Kier alpha value is -1.78. The second kappa shape index (κ2) is 6.33. The van der Waals surface area contributed by atoms with Crippen LogP contribution in [0.25, 0.3) is 0 Å². The molecule has 1 aromatic heterocycles. The van der Waals surface area contributed by atoms with Crippen molar-refractivity contribution >= 4 is 11.9 Å². The predicted octanol–water partition coefficient (Wildman–Crippen LogP) is 2.50. The standard InChI is InChI=1S/C16H24N2O3/c1-4-18-10(2)9-14(11(18)3)15(19)17-13-7-5-12(6-8-13)16(20)21/h9,12-13H,4-8H2,1-3H3,(H,17,19)(H,20,21). The van der Waals surface area contributed by atoms with E-state index in [2.05, 4.69) is 16.8 Å². The van der Waals surface area contributed by atoms with Crippen LogP contribution < -0.4 is 5.32 Å². The van der Waals surface area contributed by atoms with Crippen LogP contribution in [0.3, 0.4) is 0 Å². The molecule has 0 aromatic carbocycles. The fourth-order valence-corrected chi connectivity index (χ4v) is 3.27. The van der Waals surface area contributed by atoms with Crippen molar-refractivity contribution in [3.05, 3.63) is 23.0 Å². The first kappa shape index (κ1) is 15.6.